The molecule has 6 nitrogen and oxygen atoms in total. The number of hydrogen-bond acceptors (Lipinski definition) is 6. The Morgan fingerprint density at radius 2 is 1.67 bits per heavy atom. The summed E-state index contributed by atoms with van der Waals surface area (Å²) in [7, 11) is 3.38. The van der Waals surface area contributed by atoms with Gasteiger partial charge in [-0.1, -0.05) is 13.0 Å². The molecule has 30 heavy (non-hydrogen) atoms. The Hall–Kier alpha value is -2.60. The summed E-state index contributed by atoms with van der Waals surface area (Å²) in [5.41, 5.74) is 1.80. The molecule has 0 bridgehead atoms. The predicted octanol–water partition coefficient (Wildman–Crippen LogP) is 4.40. The van der Waals surface area contributed by atoms with E-state index in [1.807, 2.05) is 18.2 Å². The van der Waals surface area contributed by atoms with Crippen molar-refractivity contribution < 1.29 is 23.7 Å². The Labute approximate surface area is 177 Å². The lowest BCUT2D eigenvalue weighted by Crippen LogP contribution is -2.57. The Balaban J connectivity index is 1.68. The van der Waals surface area contributed by atoms with Gasteiger partial charge in [0.2, 0.25) is 6.79 Å². The van der Waals surface area contributed by atoms with E-state index >= 15 is 0 Å². The van der Waals surface area contributed by atoms with Gasteiger partial charge in [0.25, 0.3) is 0 Å². The molecule has 3 heterocycles. The van der Waals surface area contributed by atoms with Gasteiger partial charge in [0.15, 0.2) is 17.2 Å². The molecule has 1 fully saturated rings. The second-order valence-electron chi connectivity index (χ2n) is 8.47. The molecule has 0 aliphatic carbocycles. The molecule has 3 aliphatic heterocycles. The van der Waals surface area contributed by atoms with Crippen molar-refractivity contribution in [3.63, 3.8) is 0 Å². The summed E-state index contributed by atoms with van der Waals surface area (Å²) in [5.74, 6) is 4.23. The van der Waals surface area contributed by atoms with Gasteiger partial charge in [-0.15, -0.1) is 0 Å². The highest BCUT2D eigenvalue weighted by molar-refractivity contribution is 5.58. The van der Waals surface area contributed by atoms with Crippen LogP contribution in [0.5, 0.6) is 28.7 Å². The number of rotatable bonds is 4. The van der Waals surface area contributed by atoms with E-state index in [0.717, 1.165) is 53.0 Å². The first-order valence-electron chi connectivity index (χ1n) is 10.6. The molecule has 0 aromatic heterocycles. The second kappa shape index (κ2) is 7.27. The molecule has 160 valence electrons. The highest BCUT2D eigenvalue weighted by Crippen LogP contribution is 2.54. The third-order valence-electron chi connectivity index (χ3n) is 7.01. The van der Waals surface area contributed by atoms with Crippen LogP contribution < -0.4 is 23.7 Å². The fraction of sp³-hybridized carbons (Fsp3) is 0.500. The van der Waals surface area contributed by atoms with Gasteiger partial charge in [0.05, 0.1) is 14.2 Å². The Kier molecular flexibility index (Phi) is 4.69. The number of fused-ring (bicyclic) bond motifs is 2. The maximum atomic E-state index is 6.74. The van der Waals surface area contributed by atoms with Crippen molar-refractivity contribution in [1.82, 2.24) is 4.90 Å². The molecule has 0 unspecified atom stereocenters. The standard InChI is InChI=1S/C24H29NO5/c1-15-23(17-8-7-16(26-3)11-19(17)27-4)18-12-21-22(29-14-28-21)13-20(18)30-24(15,2)25-9-5-6-10-25/h7-8,11-13,15,23H,5-6,9-10,14H2,1-4H3/t15-,23+,24+/m0/s1. The number of likely N-dealkylation sites (tertiary alicyclic amines) is 1. The third kappa shape index (κ3) is 2.88. The molecule has 0 radical (unpaired) electrons. The lowest BCUT2D eigenvalue weighted by atomic mass is 9.73. The Morgan fingerprint density at radius 3 is 2.37 bits per heavy atom. The van der Waals surface area contributed by atoms with Crippen molar-refractivity contribution in [2.75, 3.05) is 34.1 Å². The smallest absolute Gasteiger partial charge is 0.231 e. The summed E-state index contributed by atoms with van der Waals surface area (Å²) >= 11 is 0. The first-order chi connectivity index (χ1) is 14.5. The fourth-order valence-corrected chi connectivity index (χ4v) is 5.19. The minimum atomic E-state index is -0.424. The van der Waals surface area contributed by atoms with Crippen LogP contribution in [0, 0.1) is 5.92 Å². The molecular formula is C24H29NO5. The van der Waals surface area contributed by atoms with Crippen molar-refractivity contribution in [2.24, 2.45) is 5.92 Å². The zero-order chi connectivity index (χ0) is 20.9. The molecule has 0 N–H and O–H groups in total. The van der Waals surface area contributed by atoms with E-state index in [1.54, 1.807) is 14.2 Å². The van der Waals surface area contributed by atoms with Crippen LogP contribution in [0.3, 0.4) is 0 Å². The Morgan fingerprint density at radius 1 is 0.933 bits per heavy atom. The topological polar surface area (TPSA) is 49.4 Å². The zero-order valence-corrected chi connectivity index (χ0v) is 18.1. The van der Waals surface area contributed by atoms with Crippen molar-refractivity contribution in [3.8, 4) is 28.7 Å². The van der Waals surface area contributed by atoms with E-state index in [0.29, 0.717) is 0 Å². The van der Waals surface area contributed by atoms with Gasteiger partial charge in [0.1, 0.15) is 17.2 Å². The van der Waals surface area contributed by atoms with Crippen molar-refractivity contribution in [3.05, 3.63) is 41.5 Å². The van der Waals surface area contributed by atoms with E-state index in [2.05, 4.69) is 30.9 Å². The first kappa shape index (κ1) is 19.4. The summed E-state index contributed by atoms with van der Waals surface area (Å²) in [6, 6.07) is 10.1. The van der Waals surface area contributed by atoms with E-state index in [1.165, 1.54) is 12.8 Å². The number of nitrogens with zero attached hydrogens (tertiary/aromatic N) is 1. The maximum Gasteiger partial charge on any atom is 0.231 e. The molecule has 3 aliphatic rings. The molecule has 1 saturated heterocycles. The van der Waals surface area contributed by atoms with Crippen LogP contribution in [0.1, 0.15) is 43.7 Å². The molecule has 5 rings (SSSR count). The van der Waals surface area contributed by atoms with Crippen molar-refractivity contribution >= 4 is 0 Å². The second-order valence-corrected chi connectivity index (χ2v) is 8.47. The molecule has 6 heteroatoms. The summed E-state index contributed by atoms with van der Waals surface area (Å²) in [4.78, 5) is 2.48. The van der Waals surface area contributed by atoms with Crippen molar-refractivity contribution in [2.45, 2.75) is 38.3 Å². The normalized spacial score (nSPS) is 27.5. The van der Waals surface area contributed by atoms with Crippen LogP contribution in [0.2, 0.25) is 0 Å². The Bertz CT molecular complexity index is 955. The highest BCUT2D eigenvalue weighted by Gasteiger charge is 2.50. The average Bonchev–Trinajstić information content (AvgIpc) is 3.45. The molecule has 0 amide bonds. The summed E-state index contributed by atoms with van der Waals surface area (Å²) in [6.07, 6.45) is 2.41. The molecule has 3 atom stereocenters. The van der Waals surface area contributed by atoms with Gasteiger partial charge in [-0.25, -0.2) is 0 Å². The molecular weight excluding hydrogens is 382 g/mol. The number of methoxy groups -OCH3 is 2. The van der Waals surface area contributed by atoms with Crippen LogP contribution in [0.4, 0.5) is 0 Å². The number of ether oxygens (including phenoxy) is 5. The average molecular weight is 411 g/mol. The monoisotopic (exact) mass is 411 g/mol. The van der Waals surface area contributed by atoms with Gasteiger partial charge in [-0.3, -0.25) is 4.90 Å². The first-order valence-corrected chi connectivity index (χ1v) is 10.6. The van der Waals surface area contributed by atoms with Gasteiger partial charge in [-0.2, -0.15) is 0 Å². The summed E-state index contributed by atoms with van der Waals surface area (Å²) in [6.45, 7) is 6.84. The molecule has 2 aromatic carbocycles. The zero-order valence-electron chi connectivity index (χ0n) is 18.1. The number of benzene rings is 2. The fourth-order valence-electron chi connectivity index (χ4n) is 5.19. The quantitative estimate of drug-likeness (QED) is 0.743. The third-order valence-corrected chi connectivity index (χ3v) is 7.01. The number of hydrogen-bond donors (Lipinski definition) is 0. The largest absolute Gasteiger partial charge is 0.497 e. The van der Waals surface area contributed by atoms with Crippen LogP contribution in [0.25, 0.3) is 0 Å². The van der Waals surface area contributed by atoms with Gasteiger partial charge < -0.3 is 23.7 Å². The minimum absolute atomic E-state index is 0.0784. The van der Waals surface area contributed by atoms with Crippen LogP contribution in [-0.2, 0) is 0 Å². The summed E-state index contributed by atoms with van der Waals surface area (Å²) < 4.78 is 29.3. The predicted molar refractivity (Wildman–Crippen MR) is 113 cm³/mol. The lowest BCUT2D eigenvalue weighted by Gasteiger charge is -2.50. The summed E-state index contributed by atoms with van der Waals surface area (Å²) in [5, 5.41) is 0. The van der Waals surface area contributed by atoms with Gasteiger partial charge in [-0.05, 0) is 31.9 Å². The van der Waals surface area contributed by atoms with Crippen LogP contribution in [-0.4, -0.2) is 44.7 Å². The maximum absolute atomic E-state index is 6.74. The molecule has 2 aromatic rings. The van der Waals surface area contributed by atoms with Crippen LogP contribution in [0.15, 0.2) is 30.3 Å². The molecule has 0 saturated carbocycles. The lowest BCUT2D eigenvalue weighted by molar-refractivity contribution is -0.114. The van der Waals surface area contributed by atoms with E-state index in [9.17, 15) is 0 Å². The van der Waals surface area contributed by atoms with Crippen molar-refractivity contribution in [1.29, 1.82) is 0 Å². The SMILES string of the molecule is COc1ccc([C@@H]2c3cc4c(cc3O[C@@](C)(N3CCCC3)[C@H]2C)OCO4)c(OC)c1. The van der Waals surface area contributed by atoms with Gasteiger partial charge >= 0.3 is 0 Å². The van der Waals surface area contributed by atoms with E-state index < -0.39 is 5.72 Å². The van der Waals surface area contributed by atoms with Gasteiger partial charge in [0, 0.05) is 48.2 Å². The van der Waals surface area contributed by atoms with Crippen LogP contribution >= 0.6 is 0 Å². The van der Waals surface area contributed by atoms with E-state index in [-0.39, 0.29) is 18.6 Å². The molecule has 0 spiro atoms. The minimum Gasteiger partial charge on any atom is -0.497 e. The highest BCUT2D eigenvalue weighted by atomic mass is 16.7. The van der Waals surface area contributed by atoms with E-state index in [4.69, 9.17) is 23.7 Å².